The summed E-state index contributed by atoms with van der Waals surface area (Å²) in [6.07, 6.45) is 0.240. The lowest BCUT2D eigenvalue weighted by Gasteiger charge is -2.24. The summed E-state index contributed by atoms with van der Waals surface area (Å²) in [5, 5.41) is 2.70. The first kappa shape index (κ1) is 21.5. The highest BCUT2D eigenvalue weighted by Crippen LogP contribution is 2.34. The molecule has 0 saturated heterocycles. The van der Waals surface area contributed by atoms with E-state index >= 15 is 0 Å². The van der Waals surface area contributed by atoms with Gasteiger partial charge >= 0.3 is 6.18 Å². The molecule has 0 atom stereocenters. The minimum absolute atomic E-state index is 0.176. The van der Waals surface area contributed by atoms with E-state index in [4.69, 9.17) is 0 Å². The number of sulfonamides is 1. The lowest BCUT2D eigenvalue weighted by molar-refractivity contribution is -0.141. The second kappa shape index (κ2) is 8.08. The molecule has 0 aliphatic heterocycles. The van der Waals surface area contributed by atoms with Gasteiger partial charge in [-0.05, 0) is 49.1 Å². The molecule has 1 saturated carbocycles. The van der Waals surface area contributed by atoms with Crippen LogP contribution in [0.5, 0.6) is 0 Å². The Morgan fingerprint density at radius 3 is 2.61 bits per heavy atom. The normalized spacial score (nSPS) is 14.8. The van der Waals surface area contributed by atoms with Crippen molar-refractivity contribution in [1.82, 2.24) is 15.0 Å². The zero-order chi connectivity index (χ0) is 22.2. The molecule has 4 rings (SSSR count). The van der Waals surface area contributed by atoms with Crippen LogP contribution in [-0.2, 0) is 16.2 Å². The Labute approximate surface area is 180 Å². The summed E-state index contributed by atoms with van der Waals surface area (Å²) in [5.41, 5.74) is 1.04. The maximum atomic E-state index is 12.9. The summed E-state index contributed by atoms with van der Waals surface area (Å²) in [4.78, 5) is 12.2. The minimum atomic E-state index is -4.57. The Morgan fingerprint density at radius 2 is 1.94 bits per heavy atom. The number of aryl methyl sites for hydroxylation is 1. The molecule has 1 fully saturated rings. The molecule has 3 aromatic rings. The minimum Gasteiger partial charge on any atom is -0.324 e. The van der Waals surface area contributed by atoms with Gasteiger partial charge in [0.2, 0.25) is 16.0 Å². The van der Waals surface area contributed by atoms with Crippen LogP contribution < -0.4 is 10.0 Å². The van der Waals surface area contributed by atoms with Crippen LogP contribution in [0.15, 0.2) is 36.7 Å². The highest BCUT2D eigenvalue weighted by molar-refractivity contribution is 7.93. The maximum absolute atomic E-state index is 12.9. The first-order valence-corrected chi connectivity index (χ1v) is 11.7. The molecule has 7 nitrogen and oxygen atoms in total. The molecule has 0 unspecified atom stereocenters. The van der Waals surface area contributed by atoms with Crippen LogP contribution in [0, 0.1) is 6.92 Å². The number of halogens is 3. The zero-order valence-corrected chi connectivity index (χ0v) is 17.9. The first-order valence-electron chi connectivity index (χ1n) is 9.37. The summed E-state index contributed by atoms with van der Waals surface area (Å²) in [5.74, 6) is -0.176. The van der Waals surface area contributed by atoms with E-state index in [-0.39, 0.29) is 16.3 Å². The van der Waals surface area contributed by atoms with Gasteiger partial charge in [0.1, 0.15) is 5.69 Å². The van der Waals surface area contributed by atoms with E-state index in [2.05, 4.69) is 25.0 Å². The summed E-state index contributed by atoms with van der Waals surface area (Å²) < 4.78 is 65.8. The Hall–Kier alpha value is -2.73. The van der Waals surface area contributed by atoms with E-state index < -0.39 is 21.9 Å². The fourth-order valence-electron chi connectivity index (χ4n) is 3.04. The standard InChI is InChI=1S/C19H18F3N5O2S2/c1-11-7-12(15-10-24-18(30-15)27-31(28,29)14-3-2-4-14)9-13(8-11)25-17-23-6-5-16(26-17)19(20,21)22/h5-10,14H,2-4H2,1H3,(H,24,27)(H,23,25,26). The van der Waals surface area contributed by atoms with Crippen LogP contribution in [0.3, 0.4) is 0 Å². The van der Waals surface area contributed by atoms with Crippen molar-refractivity contribution in [1.29, 1.82) is 0 Å². The Morgan fingerprint density at radius 1 is 1.16 bits per heavy atom. The summed E-state index contributed by atoms with van der Waals surface area (Å²) in [6.45, 7) is 1.84. The average Bonchev–Trinajstić information content (AvgIpc) is 3.06. The fourth-order valence-corrected chi connectivity index (χ4v) is 5.63. The molecule has 164 valence electrons. The van der Waals surface area contributed by atoms with Crippen molar-refractivity contribution in [3.05, 3.63) is 47.9 Å². The Balaban J connectivity index is 1.55. The van der Waals surface area contributed by atoms with Gasteiger partial charge in [0.15, 0.2) is 5.13 Å². The van der Waals surface area contributed by atoms with Crippen molar-refractivity contribution in [2.75, 3.05) is 10.0 Å². The third kappa shape index (κ3) is 4.96. The van der Waals surface area contributed by atoms with Gasteiger partial charge in [-0.25, -0.2) is 23.4 Å². The number of hydrogen-bond acceptors (Lipinski definition) is 7. The Kier molecular flexibility index (Phi) is 5.60. The fraction of sp³-hybridized carbons (Fsp3) is 0.316. The van der Waals surface area contributed by atoms with Crippen LogP contribution in [0.2, 0.25) is 0 Å². The number of benzene rings is 1. The van der Waals surface area contributed by atoms with Gasteiger partial charge in [-0.3, -0.25) is 4.72 Å². The van der Waals surface area contributed by atoms with E-state index in [1.165, 1.54) is 11.3 Å². The molecule has 0 spiro atoms. The number of aromatic nitrogens is 3. The predicted octanol–water partition coefficient (Wildman–Crippen LogP) is 4.97. The molecule has 1 aliphatic rings. The van der Waals surface area contributed by atoms with E-state index in [1.807, 2.05) is 13.0 Å². The van der Waals surface area contributed by atoms with Crippen LogP contribution >= 0.6 is 11.3 Å². The SMILES string of the molecule is Cc1cc(Nc2nccc(C(F)(F)F)n2)cc(-c2cnc(NS(=O)(=O)C3CCC3)s2)c1. The molecular formula is C19H18F3N5O2S2. The molecule has 31 heavy (non-hydrogen) atoms. The molecule has 0 radical (unpaired) electrons. The molecule has 2 heterocycles. The Bertz CT molecular complexity index is 1210. The first-order chi connectivity index (χ1) is 14.6. The summed E-state index contributed by atoms with van der Waals surface area (Å²) >= 11 is 1.19. The van der Waals surface area contributed by atoms with E-state index in [0.29, 0.717) is 23.4 Å². The maximum Gasteiger partial charge on any atom is 0.433 e. The smallest absolute Gasteiger partial charge is 0.324 e. The second-order valence-corrected chi connectivity index (χ2v) is 10.2. The number of nitrogens with zero attached hydrogens (tertiary/aromatic N) is 3. The third-order valence-corrected chi connectivity index (χ3v) is 7.71. The monoisotopic (exact) mass is 469 g/mol. The van der Waals surface area contributed by atoms with Gasteiger partial charge in [0.05, 0.1) is 10.1 Å². The van der Waals surface area contributed by atoms with Crippen molar-refractivity contribution in [2.24, 2.45) is 0 Å². The van der Waals surface area contributed by atoms with Gasteiger partial charge in [0, 0.05) is 18.1 Å². The second-order valence-electron chi connectivity index (χ2n) is 7.21. The van der Waals surface area contributed by atoms with E-state index in [0.717, 1.165) is 29.8 Å². The van der Waals surface area contributed by atoms with Gasteiger partial charge in [0.25, 0.3) is 0 Å². The highest BCUT2D eigenvalue weighted by Gasteiger charge is 2.33. The average molecular weight is 470 g/mol. The number of rotatable bonds is 6. The number of alkyl halides is 3. The number of anilines is 3. The van der Waals surface area contributed by atoms with Crippen LogP contribution in [0.4, 0.5) is 29.9 Å². The van der Waals surface area contributed by atoms with Crippen LogP contribution in [-0.4, -0.2) is 28.6 Å². The highest BCUT2D eigenvalue weighted by atomic mass is 32.2. The molecule has 12 heteroatoms. The quantitative estimate of drug-likeness (QED) is 0.529. The van der Waals surface area contributed by atoms with Crippen LogP contribution in [0.25, 0.3) is 10.4 Å². The summed E-state index contributed by atoms with van der Waals surface area (Å²) in [6, 6.07) is 6.13. The van der Waals surface area contributed by atoms with Crippen molar-refractivity contribution in [3.8, 4) is 10.4 Å². The van der Waals surface area contributed by atoms with E-state index in [9.17, 15) is 21.6 Å². The zero-order valence-electron chi connectivity index (χ0n) is 16.3. The lowest BCUT2D eigenvalue weighted by Crippen LogP contribution is -2.33. The largest absolute Gasteiger partial charge is 0.433 e. The number of hydrogen-bond donors (Lipinski definition) is 2. The molecular weight excluding hydrogens is 451 g/mol. The van der Waals surface area contributed by atoms with E-state index in [1.54, 1.807) is 18.3 Å². The van der Waals surface area contributed by atoms with Crippen molar-refractivity contribution >= 4 is 38.1 Å². The van der Waals surface area contributed by atoms with Gasteiger partial charge < -0.3 is 5.32 Å². The summed E-state index contributed by atoms with van der Waals surface area (Å²) in [7, 11) is -3.44. The van der Waals surface area contributed by atoms with Crippen molar-refractivity contribution in [2.45, 2.75) is 37.6 Å². The molecule has 0 bridgehead atoms. The molecule has 2 N–H and O–H groups in total. The topological polar surface area (TPSA) is 96.9 Å². The molecule has 0 amide bonds. The predicted molar refractivity (Wildman–Crippen MR) is 113 cm³/mol. The van der Waals surface area contributed by atoms with Crippen LogP contribution in [0.1, 0.15) is 30.5 Å². The molecule has 1 aromatic carbocycles. The third-order valence-electron chi connectivity index (χ3n) is 4.79. The molecule has 1 aliphatic carbocycles. The van der Waals surface area contributed by atoms with Gasteiger partial charge in [-0.2, -0.15) is 13.2 Å². The lowest BCUT2D eigenvalue weighted by atomic mass is 10.0. The van der Waals surface area contributed by atoms with Gasteiger partial charge in [-0.1, -0.05) is 23.8 Å². The number of thiazole rings is 1. The van der Waals surface area contributed by atoms with Gasteiger partial charge in [-0.15, -0.1) is 0 Å². The van der Waals surface area contributed by atoms with Crippen molar-refractivity contribution in [3.63, 3.8) is 0 Å². The molecule has 2 aromatic heterocycles. The van der Waals surface area contributed by atoms with Crippen molar-refractivity contribution < 1.29 is 21.6 Å². The number of nitrogens with one attached hydrogen (secondary N) is 2.